The fourth-order valence-corrected chi connectivity index (χ4v) is 3.36. The third-order valence-electron chi connectivity index (χ3n) is 4.96. The first-order valence-corrected chi connectivity index (χ1v) is 9.69. The van der Waals surface area contributed by atoms with Crippen LogP contribution in [0.25, 0.3) is 28.7 Å². The van der Waals surface area contributed by atoms with Crippen LogP contribution < -0.4 is 15.2 Å². The molecule has 5 heteroatoms. The van der Waals surface area contributed by atoms with E-state index in [1.807, 2.05) is 80.8 Å². The molecule has 0 atom stereocenters. The molecule has 0 bridgehead atoms. The van der Waals surface area contributed by atoms with E-state index in [2.05, 4.69) is 17.0 Å². The number of para-hydroxylation sites is 3. The summed E-state index contributed by atoms with van der Waals surface area (Å²) in [6.07, 6.45) is 3.83. The number of methoxy groups -OCH3 is 1. The van der Waals surface area contributed by atoms with Crippen LogP contribution in [0.5, 0.6) is 5.75 Å². The Balaban J connectivity index is 1.89. The van der Waals surface area contributed by atoms with Crippen molar-refractivity contribution in [2.75, 3.05) is 26.1 Å². The largest absolute Gasteiger partial charge is 0.495 e. The van der Waals surface area contributed by atoms with Crippen molar-refractivity contribution in [3.8, 4) is 11.4 Å². The maximum atomic E-state index is 13.4. The molecule has 0 amide bonds. The van der Waals surface area contributed by atoms with E-state index in [9.17, 15) is 4.79 Å². The first-order chi connectivity index (χ1) is 14.6. The van der Waals surface area contributed by atoms with Crippen LogP contribution in [0, 0.1) is 0 Å². The van der Waals surface area contributed by atoms with Gasteiger partial charge in [0.1, 0.15) is 11.6 Å². The van der Waals surface area contributed by atoms with E-state index in [1.165, 1.54) is 0 Å². The molecule has 0 saturated carbocycles. The Labute approximate surface area is 175 Å². The first-order valence-electron chi connectivity index (χ1n) is 9.69. The molecule has 0 aliphatic heterocycles. The zero-order valence-corrected chi connectivity index (χ0v) is 17.2. The lowest BCUT2D eigenvalue weighted by Crippen LogP contribution is -2.22. The highest BCUT2D eigenvalue weighted by molar-refractivity contribution is 5.80. The van der Waals surface area contributed by atoms with E-state index in [0.717, 1.165) is 11.3 Å². The number of aromatic nitrogens is 2. The average molecular weight is 397 g/mol. The van der Waals surface area contributed by atoms with Crippen molar-refractivity contribution in [2.24, 2.45) is 0 Å². The van der Waals surface area contributed by atoms with E-state index < -0.39 is 0 Å². The molecular weight excluding hydrogens is 374 g/mol. The summed E-state index contributed by atoms with van der Waals surface area (Å²) in [5, 5.41) is 0.566. The number of hydrogen-bond acceptors (Lipinski definition) is 4. The van der Waals surface area contributed by atoms with Crippen molar-refractivity contribution in [1.82, 2.24) is 9.55 Å². The summed E-state index contributed by atoms with van der Waals surface area (Å²) in [4.78, 5) is 20.2. The highest BCUT2D eigenvalue weighted by atomic mass is 16.5. The van der Waals surface area contributed by atoms with Gasteiger partial charge < -0.3 is 9.64 Å². The molecule has 4 aromatic rings. The summed E-state index contributed by atoms with van der Waals surface area (Å²) >= 11 is 0. The summed E-state index contributed by atoms with van der Waals surface area (Å²) in [5.41, 5.74) is 3.34. The van der Waals surface area contributed by atoms with Crippen molar-refractivity contribution >= 4 is 28.7 Å². The van der Waals surface area contributed by atoms with Gasteiger partial charge in [-0.05, 0) is 48.0 Å². The molecule has 0 unspecified atom stereocenters. The van der Waals surface area contributed by atoms with Gasteiger partial charge in [0.2, 0.25) is 0 Å². The highest BCUT2D eigenvalue weighted by Gasteiger charge is 2.14. The maximum Gasteiger partial charge on any atom is 0.266 e. The van der Waals surface area contributed by atoms with E-state index in [1.54, 1.807) is 17.7 Å². The minimum atomic E-state index is -0.132. The lowest BCUT2D eigenvalue weighted by Gasteiger charge is -2.14. The van der Waals surface area contributed by atoms with Gasteiger partial charge in [-0.3, -0.25) is 9.36 Å². The quantitative estimate of drug-likeness (QED) is 0.493. The highest BCUT2D eigenvalue weighted by Crippen LogP contribution is 2.24. The molecule has 30 heavy (non-hydrogen) atoms. The number of ether oxygens (including phenoxy) is 1. The van der Waals surface area contributed by atoms with Crippen molar-refractivity contribution in [2.45, 2.75) is 0 Å². The maximum absolute atomic E-state index is 13.4. The Kier molecular flexibility index (Phi) is 5.35. The molecule has 150 valence electrons. The second-order valence-corrected chi connectivity index (χ2v) is 7.12. The average Bonchev–Trinajstić information content (AvgIpc) is 2.78. The standard InChI is InChI=1S/C25H23N3O2/c1-27(2)19-15-12-18(13-16-19)14-17-24-26-21-9-5-4-8-20(21)25(29)28(24)22-10-6-7-11-23(22)30-3/h4-17H,1-3H3/b17-14+. The second kappa shape index (κ2) is 8.25. The molecule has 0 aliphatic carbocycles. The van der Waals surface area contributed by atoms with Gasteiger partial charge in [0.25, 0.3) is 5.56 Å². The molecule has 1 aromatic heterocycles. The first kappa shape index (κ1) is 19.5. The van der Waals surface area contributed by atoms with Crippen molar-refractivity contribution < 1.29 is 4.74 Å². The number of hydrogen-bond donors (Lipinski definition) is 0. The minimum Gasteiger partial charge on any atom is -0.495 e. The Hall–Kier alpha value is -3.86. The monoisotopic (exact) mass is 397 g/mol. The summed E-state index contributed by atoms with van der Waals surface area (Å²) in [7, 11) is 5.62. The molecule has 4 rings (SSSR count). The summed E-state index contributed by atoms with van der Waals surface area (Å²) in [6.45, 7) is 0. The SMILES string of the molecule is COc1ccccc1-n1c(/C=C/c2ccc(N(C)C)cc2)nc2ccccc2c1=O. The van der Waals surface area contributed by atoms with Gasteiger partial charge in [-0.15, -0.1) is 0 Å². The van der Waals surface area contributed by atoms with Crippen LogP contribution in [0.1, 0.15) is 11.4 Å². The smallest absolute Gasteiger partial charge is 0.266 e. The van der Waals surface area contributed by atoms with Crippen LogP contribution in [0.15, 0.2) is 77.6 Å². The molecule has 0 aliphatic rings. The van der Waals surface area contributed by atoms with E-state index >= 15 is 0 Å². The van der Waals surface area contributed by atoms with Gasteiger partial charge in [0.15, 0.2) is 0 Å². The Morgan fingerprint density at radius 2 is 1.60 bits per heavy atom. The Bertz CT molecular complexity index is 1270. The lowest BCUT2D eigenvalue weighted by molar-refractivity contribution is 0.412. The van der Waals surface area contributed by atoms with Gasteiger partial charge in [-0.25, -0.2) is 4.98 Å². The van der Waals surface area contributed by atoms with Gasteiger partial charge in [-0.1, -0.05) is 42.5 Å². The summed E-state index contributed by atoms with van der Waals surface area (Å²) in [5.74, 6) is 1.15. The topological polar surface area (TPSA) is 47.4 Å². The van der Waals surface area contributed by atoms with Gasteiger partial charge in [-0.2, -0.15) is 0 Å². The third-order valence-corrected chi connectivity index (χ3v) is 4.96. The predicted molar refractivity (Wildman–Crippen MR) is 124 cm³/mol. The van der Waals surface area contributed by atoms with Gasteiger partial charge in [0.05, 0.1) is 23.7 Å². The molecule has 1 heterocycles. The Morgan fingerprint density at radius 1 is 0.900 bits per heavy atom. The molecule has 0 fully saturated rings. The fraction of sp³-hybridized carbons (Fsp3) is 0.120. The van der Waals surface area contributed by atoms with Gasteiger partial charge in [0, 0.05) is 19.8 Å². The molecule has 5 nitrogen and oxygen atoms in total. The molecule has 0 radical (unpaired) electrons. The zero-order chi connectivity index (χ0) is 21.1. The molecule has 0 N–H and O–H groups in total. The minimum absolute atomic E-state index is 0.132. The van der Waals surface area contributed by atoms with Crippen LogP contribution in [0.4, 0.5) is 5.69 Å². The van der Waals surface area contributed by atoms with Crippen LogP contribution in [0.3, 0.4) is 0 Å². The van der Waals surface area contributed by atoms with E-state index in [0.29, 0.717) is 28.2 Å². The molecule has 0 saturated heterocycles. The predicted octanol–water partition coefficient (Wildman–Crippen LogP) is 4.63. The van der Waals surface area contributed by atoms with Gasteiger partial charge >= 0.3 is 0 Å². The number of rotatable bonds is 5. The second-order valence-electron chi connectivity index (χ2n) is 7.12. The number of nitrogens with zero attached hydrogens (tertiary/aromatic N) is 3. The summed E-state index contributed by atoms with van der Waals surface area (Å²) < 4.78 is 7.11. The van der Waals surface area contributed by atoms with Crippen LogP contribution >= 0.6 is 0 Å². The molecular formula is C25H23N3O2. The molecule has 3 aromatic carbocycles. The van der Waals surface area contributed by atoms with Crippen molar-refractivity contribution in [1.29, 1.82) is 0 Å². The van der Waals surface area contributed by atoms with E-state index in [4.69, 9.17) is 9.72 Å². The third kappa shape index (κ3) is 3.70. The summed E-state index contributed by atoms with van der Waals surface area (Å²) in [6, 6.07) is 23.0. The fourth-order valence-electron chi connectivity index (χ4n) is 3.36. The van der Waals surface area contributed by atoms with Crippen molar-refractivity contribution in [3.05, 3.63) is 94.5 Å². The van der Waals surface area contributed by atoms with Crippen LogP contribution in [-0.2, 0) is 0 Å². The van der Waals surface area contributed by atoms with E-state index in [-0.39, 0.29) is 5.56 Å². The molecule has 0 spiro atoms. The number of benzene rings is 3. The van der Waals surface area contributed by atoms with Crippen LogP contribution in [0.2, 0.25) is 0 Å². The normalized spacial score (nSPS) is 11.2. The van der Waals surface area contributed by atoms with Crippen LogP contribution in [-0.4, -0.2) is 30.8 Å². The Morgan fingerprint density at radius 3 is 2.33 bits per heavy atom. The zero-order valence-electron chi connectivity index (χ0n) is 17.2. The lowest BCUT2D eigenvalue weighted by atomic mass is 10.1. The number of fused-ring (bicyclic) bond motifs is 1. The number of anilines is 1. The van der Waals surface area contributed by atoms with Crippen molar-refractivity contribution in [3.63, 3.8) is 0 Å².